The molecule has 34 heavy (non-hydrogen) atoms. The quantitative estimate of drug-likeness (QED) is 0.138. The highest BCUT2D eigenvalue weighted by molar-refractivity contribution is 5.85. The van der Waals surface area contributed by atoms with Gasteiger partial charge in [-0.25, -0.2) is 0 Å². The van der Waals surface area contributed by atoms with Gasteiger partial charge >= 0.3 is 5.69 Å². The molecule has 2 atom stereocenters. The van der Waals surface area contributed by atoms with E-state index < -0.39 is 4.92 Å². The largest absolute Gasteiger partial charge is 0.504 e. The third kappa shape index (κ3) is 7.91. The van der Waals surface area contributed by atoms with Gasteiger partial charge in [0, 0.05) is 24.2 Å². The van der Waals surface area contributed by atoms with Gasteiger partial charge in [0.25, 0.3) is 0 Å². The van der Waals surface area contributed by atoms with E-state index in [1.165, 1.54) is 6.07 Å². The summed E-state index contributed by atoms with van der Waals surface area (Å²) < 4.78 is 5.52. The second-order valence-corrected chi connectivity index (χ2v) is 8.34. The molecule has 0 aromatic heterocycles. The van der Waals surface area contributed by atoms with E-state index in [0.717, 1.165) is 56.2 Å². The summed E-state index contributed by atoms with van der Waals surface area (Å²) in [5.41, 5.74) is 8.28. The van der Waals surface area contributed by atoms with Crippen LogP contribution in [0.15, 0.2) is 36.4 Å². The number of phenols is 2. The number of ether oxygens (including phenoxy) is 1. The molecule has 1 aliphatic rings. The number of nitrogens with one attached hydrogen (secondary N) is 1. The van der Waals surface area contributed by atoms with Crippen LogP contribution in [0, 0.1) is 10.1 Å². The van der Waals surface area contributed by atoms with Crippen LogP contribution in [0.4, 0.5) is 5.69 Å². The lowest BCUT2D eigenvalue weighted by atomic mass is 9.76. The molecule has 0 spiro atoms. The van der Waals surface area contributed by atoms with Crippen LogP contribution in [-0.4, -0.2) is 40.9 Å². The topological polar surface area (TPSA) is 131 Å². The maximum Gasteiger partial charge on any atom is 0.310 e. The first-order chi connectivity index (χ1) is 15.5. The van der Waals surface area contributed by atoms with Crippen molar-refractivity contribution in [3.63, 3.8) is 0 Å². The molecule has 0 saturated carbocycles. The molecule has 0 bridgehead atoms. The van der Waals surface area contributed by atoms with Gasteiger partial charge < -0.3 is 26.0 Å². The van der Waals surface area contributed by atoms with E-state index in [1.807, 2.05) is 6.07 Å². The summed E-state index contributed by atoms with van der Waals surface area (Å²) in [6.45, 7) is 1.89. The third-order valence-corrected chi connectivity index (χ3v) is 6.16. The lowest BCUT2D eigenvalue weighted by Gasteiger charge is -2.32. The van der Waals surface area contributed by atoms with Gasteiger partial charge in [-0.1, -0.05) is 37.5 Å². The van der Waals surface area contributed by atoms with Crippen molar-refractivity contribution in [3.05, 3.63) is 57.6 Å². The molecule has 190 valence electrons. The first kappa shape index (κ1) is 29.8. The van der Waals surface area contributed by atoms with Crippen molar-refractivity contribution < 1.29 is 19.9 Å². The Labute approximate surface area is 212 Å². The number of nitro groups is 1. The fourth-order valence-electron chi connectivity index (χ4n) is 4.42. The summed E-state index contributed by atoms with van der Waals surface area (Å²) in [5.74, 6) is 0.474. The molecule has 0 aliphatic heterocycles. The molecule has 2 aromatic carbocycles. The van der Waals surface area contributed by atoms with Crippen molar-refractivity contribution in [1.82, 2.24) is 5.32 Å². The van der Waals surface area contributed by atoms with Crippen LogP contribution in [0.3, 0.4) is 0 Å². The van der Waals surface area contributed by atoms with Crippen LogP contribution in [0.25, 0.3) is 0 Å². The van der Waals surface area contributed by atoms with Crippen LogP contribution in [0.2, 0.25) is 0 Å². The van der Waals surface area contributed by atoms with Gasteiger partial charge in [0.1, 0.15) is 6.61 Å². The van der Waals surface area contributed by atoms with Crippen molar-refractivity contribution >= 4 is 30.5 Å². The number of hydrogen-bond donors (Lipinski definition) is 4. The second kappa shape index (κ2) is 14.9. The van der Waals surface area contributed by atoms with Gasteiger partial charge in [0.05, 0.1) is 4.92 Å². The average Bonchev–Trinajstić information content (AvgIpc) is 2.78. The van der Waals surface area contributed by atoms with Crippen LogP contribution in [-0.2, 0) is 6.42 Å². The molecule has 1 aliphatic carbocycles. The van der Waals surface area contributed by atoms with E-state index in [1.54, 1.807) is 24.3 Å². The number of nitrogens with zero attached hydrogens (tertiary/aromatic N) is 1. The fourth-order valence-corrected chi connectivity index (χ4v) is 4.42. The van der Waals surface area contributed by atoms with Crippen molar-refractivity contribution in [1.29, 1.82) is 0 Å². The second-order valence-electron chi connectivity index (χ2n) is 8.34. The van der Waals surface area contributed by atoms with Crippen molar-refractivity contribution in [2.45, 2.75) is 56.9 Å². The predicted molar refractivity (Wildman–Crippen MR) is 138 cm³/mol. The number of hydrogen-bond acceptors (Lipinski definition) is 7. The Hall–Kier alpha value is -2.26. The van der Waals surface area contributed by atoms with Crippen LogP contribution < -0.4 is 15.8 Å². The minimum atomic E-state index is -0.436. The highest BCUT2D eigenvalue weighted by Crippen LogP contribution is 2.42. The molecule has 8 nitrogen and oxygen atoms in total. The predicted octanol–water partition coefficient (Wildman–Crippen LogP) is 4.83. The Morgan fingerprint density at radius 1 is 1.06 bits per heavy atom. The van der Waals surface area contributed by atoms with E-state index in [9.17, 15) is 20.3 Å². The number of halogens is 2. The Morgan fingerprint density at radius 3 is 2.56 bits per heavy atom. The van der Waals surface area contributed by atoms with Crippen molar-refractivity contribution in [2.75, 3.05) is 19.7 Å². The van der Waals surface area contributed by atoms with Crippen LogP contribution in [0.5, 0.6) is 17.2 Å². The molecule has 3 rings (SSSR count). The zero-order valence-corrected chi connectivity index (χ0v) is 20.8. The smallest absolute Gasteiger partial charge is 0.310 e. The summed E-state index contributed by atoms with van der Waals surface area (Å²) in [5, 5.41) is 34.2. The molecule has 10 heteroatoms. The number of phenolic OH excluding ortho intramolecular Hbond substituents is 2. The van der Waals surface area contributed by atoms with Gasteiger partial charge in [-0.15, -0.1) is 24.8 Å². The lowest BCUT2D eigenvalue weighted by molar-refractivity contribution is -0.385. The molecule has 0 saturated heterocycles. The van der Waals surface area contributed by atoms with E-state index in [-0.39, 0.29) is 54.0 Å². The molecule has 0 fully saturated rings. The SMILES string of the molecule is Cl.Cl.NC1CCc2c(ccc(O)c2O)C1CCCCCCNCCOc1ccccc1[N+](=O)[O-]. The van der Waals surface area contributed by atoms with Crippen LogP contribution in [0.1, 0.15) is 55.6 Å². The number of fused-ring (bicyclic) bond motifs is 1. The normalized spacial score (nSPS) is 16.6. The van der Waals surface area contributed by atoms with Crippen molar-refractivity contribution in [3.8, 4) is 17.2 Å². The van der Waals surface area contributed by atoms with E-state index in [2.05, 4.69) is 5.32 Å². The third-order valence-electron chi connectivity index (χ3n) is 6.16. The number of nitrogens with two attached hydrogens (primary N) is 1. The minimum absolute atomic E-state index is 0. The maximum absolute atomic E-state index is 11.0. The van der Waals surface area contributed by atoms with E-state index in [0.29, 0.717) is 25.3 Å². The van der Waals surface area contributed by atoms with E-state index >= 15 is 0 Å². The first-order valence-electron chi connectivity index (χ1n) is 11.3. The molecular weight excluding hydrogens is 481 g/mol. The standard InChI is InChI=1S/C24H33N3O5.2ClH/c25-20-12-10-19-17(11-13-22(28)24(19)29)18(20)7-3-1-2-6-14-26-15-16-32-23-9-5-4-8-21(23)27(30)31;;/h4-5,8-9,11,13,18,20,26,28-29H,1-3,6-7,10,12,14-16,25H2;2*1H. The Kier molecular flexibility index (Phi) is 13.0. The molecule has 2 unspecified atom stereocenters. The molecule has 0 radical (unpaired) electrons. The first-order valence-corrected chi connectivity index (χ1v) is 11.3. The molecule has 5 N–H and O–H groups in total. The summed E-state index contributed by atoms with van der Waals surface area (Å²) in [6, 6.07) is 9.95. The number of nitro benzene ring substituents is 1. The Balaban J connectivity index is 0.00000289. The number of unbranched alkanes of at least 4 members (excludes halogenated alkanes) is 3. The minimum Gasteiger partial charge on any atom is -0.504 e. The fraction of sp³-hybridized carbons (Fsp3) is 0.500. The Morgan fingerprint density at radius 2 is 1.79 bits per heavy atom. The summed E-state index contributed by atoms with van der Waals surface area (Å²) in [4.78, 5) is 10.5. The monoisotopic (exact) mass is 515 g/mol. The maximum atomic E-state index is 11.0. The summed E-state index contributed by atoms with van der Waals surface area (Å²) in [6.07, 6.45) is 6.85. The van der Waals surface area contributed by atoms with Gasteiger partial charge in [-0.2, -0.15) is 0 Å². The lowest BCUT2D eigenvalue weighted by Crippen LogP contribution is -2.33. The molecule has 0 heterocycles. The zero-order valence-electron chi connectivity index (χ0n) is 19.2. The highest BCUT2D eigenvalue weighted by atomic mass is 35.5. The van der Waals surface area contributed by atoms with Gasteiger partial charge in [-0.3, -0.25) is 10.1 Å². The zero-order chi connectivity index (χ0) is 22.9. The number of rotatable bonds is 12. The van der Waals surface area contributed by atoms with Gasteiger partial charge in [0.2, 0.25) is 0 Å². The molecular formula is C24H35Cl2N3O5. The number of para-hydroxylation sites is 2. The van der Waals surface area contributed by atoms with Gasteiger partial charge in [-0.05, 0) is 55.8 Å². The molecule has 2 aromatic rings. The summed E-state index contributed by atoms with van der Waals surface area (Å²) >= 11 is 0. The highest BCUT2D eigenvalue weighted by Gasteiger charge is 2.29. The van der Waals surface area contributed by atoms with Gasteiger partial charge in [0.15, 0.2) is 17.2 Å². The summed E-state index contributed by atoms with van der Waals surface area (Å²) in [7, 11) is 0. The Bertz CT molecular complexity index is 916. The van der Waals surface area contributed by atoms with Crippen LogP contribution >= 0.6 is 24.8 Å². The van der Waals surface area contributed by atoms with Crippen molar-refractivity contribution in [2.24, 2.45) is 5.73 Å². The molecule has 0 amide bonds. The number of aromatic hydroxyl groups is 2. The number of benzene rings is 2. The van der Waals surface area contributed by atoms with E-state index in [4.69, 9.17) is 10.5 Å². The average molecular weight is 516 g/mol.